The van der Waals surface area contributed by atoms with Crippen LogP contribution in [-0.2, 0) is 4.74 Å². The van der Waals surface area contributed by atoms with Crippen molar-refractivity contribution < 1.29 is 9.47 Å². The van der Waals surface area contributed by atoms with E-state index >= 15 is 0 Å². The maximum atomic E-state index is 8.80. The van der Waals surface area contributed by atoms with E-state index in [-0.39, 0.29) is 0 Å². The van der Waals surface area contributed by atoms with Crippen molar-refractivity contribution in [2.45, 2.75) is 19.8 Å². The van der Waals surface area contributed by atoms with E-state index in [1.807, 2.05) is 6.07 Å². The maximum Gasteiger partial charge on any atom is 0.143 e. The van der Waals surface area contributed by atoms with Crippen molar-refractivity contribution in [2.24, 2.45) is 0 Å². The molecule has 0 atom stereocenters. The Morgan fingerprint density at radius 1 is 1.33 bits per heavy atom. The normalized spacial score (nSPS) is 9.83. The molecule has 98 valence electrons. The molecule has 0 unspecified atom stereocenters. The fraction of sp³-hybridized carbons (Fsp3) is 0.500. The van der Waals surface area contributed by atoms with Gasteiger partial charge in [-0.1, -0.05) is 13.3 Å². The van der Waals surface area contributed by atoms with Gasteiger partial charge < -0.3 is 14.8 Å². The van der Waals surface area contributed by atoms with Crippen LogP contribution in [0.4, 0.5) is 5.69 Å². The lowest BCUT2D eigenvalue weighted by Crippen LogP contribution is -2.10. The van der Waals surface area contributed by atoms with Crippen LogP contribution < -0.4 is 10.1 Å². The fourth-order valence-corrected chi connectivity index (χ4v) is 1.51. The lowest BCUT2D eigenvalue weighted by atomic mass is 10.2. The van der Waals surface area contributed by atoms with Crippen molar-refractivity contribution in [3.05, 3.63) is 23.8 Å². The van der Waals surface area contributed by atoms with E-state index in [4.69, 9.17) is 14.7 Å². The van der Waals surface area contributed by atoms with E-state index in [9.17, 15) is 0 Å². The molecule has 1 N–H and O–H groups in total. The maximum absolute atomic E-state index is 8.80. The van der Waals surface area contributed by atoms with Crippen LogP contribution in [0.15, 0.2) is 18.2 Å². The molecule has 0 aliphatic rings. The Morgan fingerprint density at radius 3 is 2.83 bits per heavy atom. The van der Waals surface area contributed by atoms with Crippen molar-refractivity contribution in [2.75, 3.05) is 32.2 Å². The van der Waals surface area contributed by atoms with Crippen LogP contribution in [0.25, 0.3) is 0 Å². The van der Waals surface area contributed by atoms with Crippen molar-refractivity contribution in [3.63, 3.8) is 0 Å². The van der Waals surface area contributed by atoms with E-state index in [2.05, 4.69) is 18.3 Å². The molecular formula is C14H20N2O2. The molecule has 18 heavy (non-hydrogen) atoms. The van der Waals surface area contributed by atoms with Gasteiger partial charge >= 0.3 is 0 Å². The van der Waals surface area contributed by atoms with Gasteiger partial charge in [-0.2, -0.15) is 5.26 Å². The molecule has 1 aromatic rings. The molecular weight excluding hydrogens is 228 g/mol. The molecule has 0 aliphatic carbocycles. The molecule has 0 amide bonds. The van der Waals surface area contributed by atoms with Crippen LogP contribution >= 0.6 is 0 Å². The fourth-order valence-electron chi connectivity index (χ4n) is 1.51. The van der Waals surface area contributed by atoms with Crippen LogP contribution in [-0.4, -0.2) is 26.9 Å². The van der Waals surface area contributed by atoms with Gasteiger partial charge in [0.1, 0.15) is 5.75 Å². The molecule has 0 aromatic heterocycles. The quantitative estimate of drug-likeness (QED) is 0.719. The van der Waals surface area contributed by atoms with E-state index < -0.39 is 0 Å². The van der Waals surface area contributed by atoms with Gasteiger partial charge in [0, 0.05) is 19.2 Å². The van der Waals surface area contributed by atoms with Gasteiger partial charge in [-0.25, -0.2) is 0 Å². The summed E-state index contributed by atoms with van der Waals surface area (Å²) >= 11 is 0. The minimum Gasteiger partial charge on any atom is -0.495 e. The van der Waals surface area contributed by atoms with E-state index in [1.54, 1.807) is 19.2 Å². The third-order valence-electron chi connectivity index (χ3n) is 2.53. The number of anilines is 1. The summed E-state index contributed by atoms with van der Waals surface area (Å²) in [7, 11) is 1.60. The van der Waals surface area contributed by atoms with E-state index in [0.29, 0.717) is 17.9 Å². The Morgan fingerprint density at radius 2 is 2.17 bits per heavy atom. The standard InChI is InChI=1S/C14H20N2O2/c1-3-4-8-18-9-7-16-13-6-5-12(11-15)10-14(13)17-2/h5-6,10,16H,3-4,7-9H2,1-2H3. The molecule has 1 rings (SSSR count). The average Bonchev–Trinajstić information content (AvgIpc) is 2.42. The lowest BCUT2D eigenvalue weighted by molar-refractivity contribution is 0.141. The minimum absolute atomic E-state index is 0.594. The Labute approximate surface area is 109 Å². The Bertz CT molecular complexity index is 399. The van der Waals surface area contributed by atoms with Gasteiger partial charge in [0.05, 0.1) is 31.0 Å². The zero-order valence-corrected chi connectivity index (χ0v) is 11.0. The van der Waals surface area contributed by atoms with Crippen LogP contribution in [0.1, 0.15) is 25.3 Å². The number of nitrogens with one attached hydrogen (secondary N) is 1. The molecule has 4 nitrogen and oxygen atoms in total. The third-order valence-corrected chi connectivity index (χ3v) is 2.53. The minimum atomic E-state index is 0.594. The molecule has 4 heteroatoms. The second-order valence-corrected chi connectivity index (χ2v) is 3.92. The smallest absolute Gasteiger partial charge is 0.143 e. The Hall–Kier alpha value is -1.73. The molecule has 0 heterocycles. The highest BCUT2D eigenvalue weighted by molar-refractivity contribution is 5.59. The summed E-state index contributed by atoms with van der Waals surface area (Å²) in [5.74, 6) is 0.683. The number of methoxy groups -OCH3 is 1. The van der Waals surface area contributed by atoms with E-state index in [1.165, 1.54) is 0 Å². The van der Waals surface area contributed by atoms with Gasteiger partial charge in [-0.15, -0.1) is 0 Å². The predicted octanol–water partition coefficient (Wildman–Crippen LogP) is 2.80. The van der Waals surface area contributed by atoms with Gasteiger partial charge in [-0.3, -0.25) is 0 Å². The highest BCUT2D eigenvalue weighted by Crippen LogP contribution is 2.24. The number of ether oxygens (including phenoxy) is 2. The van der Waals surface area contributed by atoms with Gasteiger partial charge in [0.25, 0.3) is 0 Å². The number of nitrogens with zero attached hydrogens (tertiary/aromatic N) is 1. The monoisotopic (exact) mass is 248 g/mol. The first-order valence-corrected chi connectivity index (χ1v) is 6.21. The molecule has 0 saturated heterocycles. The molecule has 0 fully saturated rings. The number of unbranched alkanes of at least 4 members (excludes halogenated alkanes) is 1. The highest BCUT2D eigenvalue weighted by Gasteiger charge is 2.03. The molecule has 0 aliphatic heterocycles. The average molecular weight is 248 g/mol. The van der Waals surface area contributed by atoms with Gasteiger partial charge in [0.2, 0.25) is 0 Å². The van der Waals surface area contributed by atoms with E-state index in [0.717, 1.165) is 31.7 Å². The molecule has 0 bridgehead atoms. The third kappa shape index (κ3) is 4.64. The topological polar surface area (TPSA) is 54.3 Å². The Kier molecular flexibility index (Phi) is 6.67. The summed E-state index contributed by atoms with van der Waals surface area (Å²) in [5, 5.41) is 12.0. The van der Waals surface area contributed by atoms with Crippen molar-refractivity contribution in [3.8, 4) is 11.8 Å². The van der Waals surface area contributed by atoms with Gasteiger partial charge in [-0.05, 0) is 18.6 Å². The zero-order valence-electron chi connectivity index (χ0n) is 11.0. The molecule has 0 spiro atoms. The summed E-state index contributed by atoms with van der Waals surface area (Å²) in [6.45, 7) is 4.35. The highest BCUT2D eigenvalue weighted by atomic mass is 16.5. The predicted molar refractivity (Wildman–Crippen MR) is 71.9 cm³/mol. The van der Waals surface area contributed by atoms with Crippen molar-refractivity contribution in [1.29, 1.82) is 5.26 Å². The molecule has 1 aromatic carbocycles. The Balaban J connectivity index is 2.40. The number of nitriles is 1. The number of rotatable bonds is 8. The first-order valence-electron chi connectivity index (χ1n) is 6.21. The lowest BCUT2D eigenvalue weighted by Gasteiger charge is -2.11. The first kappa shape index (κ1) is 14.3. The van der Waals surface area contributed by atoms with Crippen LogP contribution in [0, 0.1) is 11.3 Å². The van der Waals surface area contributed by atoms with Crippen molar-refractivity contribution in [1.82, 2.24) is 0 Å². The summed E-state index contributed by atoms with van der Waals surface area (Å²) in [6, 6.07) is 7.43. The second-order valence-electron chi connectivity index (χ2n) is 3.92. The number of hydrogen-bond donors (Lipinski definition) is 1. The van der Waals surface area contributed by atoms with Gasteiger partial charge in [0.15, 0.2) is 0 Å². The largest absolute Gasteiger partial charge is 0.495 e. The summed E-state index contributed by atoms with van der Waals surface area (Å²) < 4.78 is 10.7. The summed E-state index contributed by atoms with van der Waals surface area (Å²) in [5.41, 5.74) is 1.48. The number of benzene rings is 1. The van der Waals surface area contributed by atoms with Crippen LogP contribution in [0.3, 0.4) is 0 Å². The van der Waals surface area contributed by atoms with Crippen LogP contribution in [0.2, 0.25) is 0 Å². The first-order chi connectivity index (χ1) is 8.81. The number of hydrogen-bond acceptors (Lipinski definition) is 4. The SMILES string of the molecule is CCCCOCCNc1ccc(C#N)cc1OC. The second kappa shape index (κ2) is 8.37. The van der Waals surface area contributed by atoms with Crippen LogP contribution in [0.5, 0.6) is 5.75 Å². The van der Waals surface area contributed by atoms with Crippen molar-refractivity contribution >= 4 is 5.69 Å². The summed E-state index contributed by atoms with van der Waals surface area (Å²) in [4.78, 5) is 0. The zero-order chi connectivity index (χ0) is 13.2. The molecule has 0 saturated carbocycles. The summed E-state index contributed by atoms with van der Waals surface area (Å²) in [6.07, 6.45) is 2.25. The molecule has 0 radical (unpaired) electrons.